The summed E-state index contributed by atoms with van der Waals surface area (Å²) in [6, 6.07) is 0. The third-order valence-electron chi connectivity index (χ3n) is 2.76. The van der Waals surface area contributed by atoms with E-state index in [1.54, 1.807) is 14.0 Å². The summed E-state index contributed by atoms with van der Waals surface area (Å²) in [6.07, 6.45) is 0.899. The van der Waals surface area contributed by atoms with Crippen LogP contribution in [-0.4, -0.2) is 35.5 Å². The number of aliphatic hydroxyl groups is 2. The fourth-order valence-corrected chi connectivity index (χ4v) is 1.43. The molecule has 80 valence electrons. The monoisotopic (exact) mass is 189 g/mol. The molecule has 0 saturated heterocycles. The van der Waals surface area contributed by atoms with Crippen molar-refractivity contribution in [3.8, 4) is 0 Å². The first-order valence-electron chi connectivity index (χ1n) is 4.99. The molecule has 0 radical (unpaired) electrons. The molecule has 0 aromatic carbocycles. The number of aliphatic hydroxyl groups excluding tert-OH is 1. The van der Waals surface area contributed by atoms with Crippen molar-refractivity contribution in [2.75, 3.05) is 13.6 Å². The summed E-state index contributed by atoms with van der Waals surface area (Å²) in [6.45, 7) is 6.38. The van der Waals surface area contributed by atoms with Crippen molar-refractivity contribution in [1.29, 1.82) is 0 Å². The van der Waals surface area contributed by atoms with Gasteiger partial charge in [-0.2, -0.15) is 0 Å². The van der Waals surface area contributed by atoms with Gasteiger partial charge in [0.2, 0.25) is 0 Å². The number of likely N-dealkylation sites (N-methyl/N-ethyl adjacent to an activating group) is 1. The van der Waals surface area contributed by atoms with E-state index in [2.05, 4.69) is 5.32 Å². The lowest BCUT2D eigenvalue weighted by Gasteiger charge is -2.31. The summed E-state index contributed by atoms with van der Waals surface area (Å²) >= 11 is 0. The predicted octanol–water partition coefficient (Wildman–Crippen LogP) is 0.754. The molecule has 0 unspecified atom stereocenters. The van der Waals surface area contributed by atoms with E-state index in [4.69, 9.17) is 0 Å². The lowest BCUT2D eigenvalue weighted by atomic mass is 9.84. The van der Waals surface area contributed by atoms with Crippen LogP contribution in [0.5, 0.6) is 0 Å². The Morgan fingerprint density at radius 3 is 2.38 bits per heavy atom. The Morgan fingerprint density at radius 1 is 1.46 bits per heavy atom. The third-order valence-corrected chi connectivity index (χ3v) is 2.76. The van der Waals surface area contributed by atoms with Crippen LogP contribution in [0.25, 0.3) is 0 Å². The van der Waals surface area contributed by atoms with E-state index < -0.39 is 11.7 Å². The Balaban J connectivity index is 3.99. The lowest BCUT2D eigenvalue weighted by molar-refractivity contribution is -0.0364. The molecule has 0 aliphatic rings. The van der Waals surface area contributed by atoms with Crippen molar-refractivity contribution < 1.29 is 10.2 Å². The standard InChI is InChI=1S/C10H23NO2/c1-5-8(2)10(3,13)6-9(12)7-11-4/h8-9,11-13H,5-7H2,1-4H3/t8-,9+,10-/m0/s1. The van der Waals surface area contributed by atoms with Crippen LogP contribution in [-0.2, 0) is 0 Å². The molecular weight excluding hydrogens is 166 g/mol. The number of nitrogens with one attached hydrogen (secondary N) is 1. The summed E-state index contributed by atoms with van der Waals surface area (Å²) in [5.74, 6) is 0.221. The van der Waals surface area contributed by atoms with Gasteiger partial charge in [0, 0.05) is 13.0 Å². The highest BCUT2D eigenvalue weighted by molar-refractivity contribution is 4.81. The summed E-state index contributed by atoms with van der Waals surface area (Å²) in [5.41, 5.74) is -0.759. The van der Waals surface area contributed by atoms with Gasteiger partial charge in [0.15, 0.2) is 0 Å². The van der Waals surface area contributed by atoms with Gasteiger partial charge in [0.25, 0.3) is 0 Å². The zero-order valence-electron chi connectivity index (χ0n) is 9.17. The fourth-order valence-electron chi connectivity index (χ4n) is 1.43. The van der Waals surface area contributed by atoms with E-state index in [-0.39, 0.29) is 5.92 Å². The zero-order valence-corrected chi connectivity index (χ0v) is 9.17. The minimum Gasteiger partial charge on any atom is -0.392 e. The maximum Gasteiger partial charge on any atom is 0.0691 e. The second kappa shape index (κ2) is 5.58. The predicted molar refractivity (Wildman–Crippen MR) is 54.6 cm³/mol. The highest BCUT2D eigenvalue weighted by atomic mass is 16.3. The van der Waals surface area contributed by atoms with Crippen LogP contribution in [0.3, 0.4) is 0 Å². The first-order valence-corrected chi connectivity index (χ1v) is 4.99. The Kier molecular flexibility index (Phi) is 5.53. The molecule has 3 nitrogen and oxygen atoms in total. The molecule has 3 atom stereocenters. The van der Waals surface area contributed by atoms with Crippen LogP contribution in [0.4, 0.5) is 0 Å². The average molecular weight is 189 g/mol. The van der Waals surface area contributed by atoms with Crippen LogP contribution >= 0.6 is 0 Å². The quantitative estimate of drug-likeness (QED) is 0.578. The summed E-state index contributed by atoms with van der Waals surface area (Å²) in [5, 5.41) is 22.4. The molecule has 3 N–H and O–H groups in total. The number of rotatable bonds is 6. The Hall–Kier alpha value is -0.120. The molecular formula is C10H23NO2. The van der Waals surface area contributed by atoms with Gasteiger partial charge in [0.05, 0.1) is 11.7 Å². The van der Waals surface area contributed by atoms with Gasteiger partial charge in [-0.15, -0.1) is 0 Å². The maximum absolute atomic E-state index is 9.99. The van der Waals surface area contributed by atoms with E-state index in [1.807, 2.05) is 13.8 Å². The maximum atomic E-state index is 9.99. The van der Waals surface area contributed by atoms with Crippen molar-refractivity contribution in [3.63, 3.8) is 0 Å². The van der Waals surface area contributed by atoms with Crippen LogP contribution in [0, 0.1) is 5.92 Å². The van der Waals surface area contributed by atoms with E-state index in [1.165, 1.54) is 0 Å². The Bertz CT molecular complexity index is 137. The third kappa shape index (κ3) is 4.60. The van der Waals surface area contributed by atoms with Crippen LogP contribution in [0.1, 0.15) is 33.6 Å². The van der Waals surface area contributed by atoms with Gasteiger partial charge in [-0.25, -0.2) is 0 Å². The fraction of sp³-hybridized carbons (Fsp3) is 1.00. The minimum absolute atomic E-state index is 0.221. The molecule has 0 spiro atoms. The van der Waals surface area contributed by atoms with Gasteiger partial charge in [0.1, 0.15) is 0 Å². The summed E-state index contributed by atoms with van der Waals surface area (Å²) < 4.78 is 0. The average Bonchev–Trinajstić information content (AvgIpc) is 2.02. The molecule has 0 amide bonds. The Morgan fingerprint density at radius 2 is 2.00 bits per heavy atom. The second-order valence-electron chi connectivity index (χ2n) is 4.08. The van der Waals surface area contributed by atoms with Gasteiger partial charge >= 0.3 is 0 Å². The topological polar surface area (TPSA) is 52.5 Å². The van der Waals surface area contributed by atoms with E-state index in [0.717, 1.165) is 6.42 Å². The molecule has 0 rings (SSSR count). The largest absolute Gasteiger partial charge is 0.392 e. The molecule has 0 saturated carbocycles. The normalized spacial score (nSPS) is 20.8. The molecule has 0 bridgehead atoms. The smallest absolute Gasteiger partial charge is 0.0691 e. The van der Waals surface area contributed by atoms with Gasteiger partial charge in [-0.1, -0.05) is 20.3 Å². The zero-order chi connectivity index (χ0) is 10.5. The molecule has 0 heterocycles. The Labute approximate surface area is 81.2 Å². The number of hydrogen-bond acceptors (Lipinski definition) is 3. The molecule has 0 aromatic heterocycles. The SMILES string of the molecule is CC[C@H](C)[C@@](C)(O)C[C@@H](O)CNC. The van der Waals surface area contributed by atoms with E-state index >= 15 is 0 Å². The summed E-state index contributed by atoms with van der Waals surface area (Å²) in [4.78, 5) is 0. The first kappa shape index (κ1) is 12.9. The van der Waals surface area contributed by atoms with E-state index in [0.29, 0.717) is 13.0 Å². The van der Waals surface area contributed by atoms with Gasteiger partial charge in [-0.3, -0.25) is 0 Å². The van der Waals surface area contributed by atoms with Crippen LogP contribution in [0.15, 0.2) is 0 Å². The molecule has 13 heavy (non-hydrogen) atoms. The minimum atomic E-state index is -0.759. The lowest BCUT2D eigenvalue weighted by Crippen LogP contribution is -2.39. The van der Waals surface area contributed by atoms with Crippen molar-refractivity contribution in [1.82, 2.24) is 5.32 Å². The summed E-state index contributed by atoms with van der Waals surface area (Å²) in [7, 11) is 1.79. The van der Waals surface area contributed by atoms with Gasteiger partial charge in [-0.05, 0) is 19.9 Å². The number of hydrogen-bond donors (Lipinski definition) is 3. The molecule has 0 aromatic rings. The highest BCUT2D eigenvalue weighted by Gasteiger charge is 2.29. The highest BCUT2D eigenvalue weighted by Crippen LogP contribution is 2.24. The van der Waals surface area contributed by atoms with Crippen molar-refractivity contribution in [2.24, 2.45) is 5.92 Å². The second-order valence-corrected chi connectivity index (χ2v) is 4.08. The van der Waals surface area contributed by atoms with Crippen LogP contribution in [0.2, 0.25) is 0 Å². The van der Waals surface area contributed by atoms with Gasteiger partial charge < -0.3 is 15.5 Å². The molecule has 0 aliphatic heterocycles. The molecule has 3 heteroatoms. The van der Waals surface area contributed by atoms with Crippen molar-refractivity contribution in [3.05, 3.63) is 0 Å². The first-order chi connectivity index (χ1) is 5.94. The van der Waals surface area contributed by atoms with Crippen molar-refractivity contribution in [2.45, 2.75) is 45.3 Å². The van der Waals surface area contributed by atoms with Crippen LogP contribution < -0.4 is 5.32 Å². The molecule has 0 aliphatic carbocycles. The van der Waals surface area contributed by atoms with Crippen molar-refractivity contribution >= 4 is 0 Å². The molecule has 0 fully saturated rings. The van der Waals surface area contributed by atoms with E-state index in [9.17, 15) is 10.2 Å².